The molecular formula is C12H14BrN3O. The van der Waals surface area contributed by atoms with Crippen LogP contribution in [0, 0.1) is 0 Å². The summed E-state index contributed by atoms with van der Waals surface area (Å²) in [6.07, 6.45) is 2.53. The molecule has 0 bridgehead atoms. The van der Waals surface area contributed by atoms with Crippen LogP contribution in [-0.4, -0.2) is 23.1 Å². The van der Waals surface area contributed by atoms with Crippen molar-refractivity contribution < 1.29 is 0 Å². The summed E-state index contributed by atoms with van der Waals surface area (Å²) in [4.78, 5) is 16.5. The van der Waals surface area contributed by atoms with E-state index in [0.29, 0.717) is 11.9 Å². The molecule has 4 nitrogen and oxygen atoms in total. The molecule has 0 unspecified atom stereocenters. The third-order valence-corrected chi connectivity index (χ3v) is 3.29. The van der Waals surface area contributed by atoms with Crippen LogP contribution in [0.2, 0.25) is 0 Å². The quantitative estimate of drug-likeness (QED) is 0.875. The van der Waals surface area contributed by atoms with E-state index in [1.807, 2.05) is 25.2 Å². The molecule has 90 valence electrons. The molecule has 1 heterocycles. The molecule has 1 aromatic carbocycles. The fraction of sp³-hybridized carbons (Fsp3) is 0.333. The van der Waals surface area contributed by atoms with Crippen LogP contribution in [0.3, 0.4) is 0 Å². The Morgan fingerprint density at radius 2 is 2.29 bits per heavy atom. The average Bonchev–Trinajstić information content (AvgIpc) is 2.32. The van der Waals surface area contributed by atoms with Gasteiger partial charge >= 0.3 is 0 Å². The lowest BCUT2D eigenvalue weighted by atomic mass is 10.2. The van der Waals surface area contributed by atoms with Crippen molar-refractivity contribution in [1.29, 1.82) is 0 Å². The highest BCUT2D eigenvalue weighted by Crippen LogP contribution is 2.18. The fourth-order valence-electron chi connectivity index (χ4n) is 1.75. The largest absolute Gasteiger partial charge is 0.320 e. The highest BCUT2D eigenvalue weighted by Gasteiger charge is 2.06. The standard InChI is InChI=1S/C12H14BrN3O/c1-14-6-3-7-16-8-15-10-5-2-4-9(13)11(10)12(16)17/h2,4-5,8,14H,3,6-7H2,1H3. The van der Waals surface area contributed by atoms with Gasteiger partial charge in [0.05, 0.1) is 17.2 Å². The molecule has 1 aromatic heterocycles. The first-order chi connectivity index (χ1) is 8.24. The van der Waals surface area contributed by atoms with E-state index in [0.717, 1.165) is 23.0 Å². The van der Waals surface area contributed by atoms with Gasteiger partial charge in [0.2, 0.25) is 0 Å². The second-order valence-electron chi connectivity index (χ2n) is 3.83. The predicted molar refractivity (Wildman–Crippen MR) is 72.2 cm³/mol. The first kappa shape index (κ1) is 12.3. The Hall–Kier alpha value is -1.20. The maximum absolute atomic E-state index is 12.2. The number of hydrogen-bond donors (Lipinski definition) is 1. The molecule has 2 rings (SSSR count). The summed E-state index contributed by atoms with van der Waals surface area (Å²) in [5.74, 6) is 0. The predicted octanol–water partition coefficient (Wildman–Crippen LogP) is 1.77. The number of fused-ring (bicyclic) bond motifs is 1. The van der Waals surface area contributed by atoms with E-state index < -0.39 is 0 Å². The summed E-state index contributed by atoms with van der Waals surface area (Å²) >= 11 is 3.40. The molecule has 17 heavy (non-hydrogen) atoms. The first-order valence-corrected chi connectivity index (χ1v) is 6.31. The number of nitrogens with zero attached hydrogens (tertiary/aromatic N) is 2. The van der Waals surface area contributed by atoms with Gasteiger partial charge in [-0.25, -0.2) is 4.98 Å². The van der Waals surface area contributed by atoms with Crippen molar-refractivity contribution in [3.05, 3.63) is 39.4 Å². The van der Waals surface area contributed by atoms with E-state index in [1.54, 1.807) is 10.9 Å². The third-order valence-electron chi connectivity index (χ3n) is 2.63. The monoisotopic (exact) mass is 295 g/mol. The van der Waals surface area contributed by atoms with Gasteiger partial charge in [-0.15, -0.1) is 0 Å². The van der Waals surface area contributed by atoms with Gasteiger partial charge in [-0.05, 0) is 48.1 Å². The molecule has 0 saturated carbocycles. The van der Waals surface area contributed by atoms with Gasteiger partial charge in [0.15, 0.2) is 0 Å². The van der Waals surface area contributed by atoms with Crippen LogP contribution >= 0.6 is 15.9 Å². The van der Waals surface area contributed by atoms with Crippen molar-refractivity contribution in [2.45, 2.75) is 13.0 Å². The number of hydrogen-bond acceptors (Lipinski definition) is 3. The fourth-order valence-corrected chi connectivity index (χ4v) is 2.27. The number of rotatable bonds is 4. The molecule has 0 amide bonds. The summed E-state index contributed by atoms with van der Waals surface area (Å²) in [6.45, 7) is 1.57. The van der Waals surface area contributed by atoms with Gasteiger partial charge < -0.3 is 5.32 Å². The van der Waals surface area contributed by atoms with E-state index >= 15 is 0 Å². The van der Waals surface area contributed by atoms with Gasteiger partial charge in [0, 0.05) is 11.0 Å². The molecule has 0 fully saturated rings. The maximum Gasteiger partial charge on any atom is 0.262 e. The van der Waals surface area contributed by atoms with Crippen LogP contribution in [0.15, 0.2) is 33.8 Å². The third kappa shape index (κ3) is 2.56. The lowest BCUT2D eigenvalue weighted by Gasteiger charge is -2.07. The zero-order valence-electron chi connectivity index (χ0n) is 9.61. The molecule has 0 saturated heterocycles. The summed E-state index contributed by atoms with van der Waals surface area (Å²) < 4.78 is 2.46. The Balaban J connectivity index is 2.43. The van der Waals surface area contributed by atoms with Crippen LogP contribution < -0.4 is 10.9 Å². The van der Waals surface area contributed by atoms with Crippen molar-refractivity contribution in [2.75, 3.05) is 13.6 Å². The Morgan fingerprint density at radius 1 is 1.47 bits per heavy atom. The highest BCUT2D eigenvalue weighted by molar-refractivity contribution is 9.10. The smallest absolute Gasteiger partial charge is 0.262 e. The summed E-state index contributed by atoms with van der Waals surface area (Å²) in [7, 11) is 1.90. The molecule has 0 radical (unpaired) electrons. The zero-order chi connectivity index (χ0) is 12.3. The molecule has 0 atom stereocenters. The van der Waals surface area contributed by atoms with Crippen molar-refractivity contribution in [3.8, 4) is 0 Å². The first-order valence-electron chi connectivity index (χ1n) is 5.52. The Kier molecular flexibility index (Phi) is 3.91. The van der Waals surface area contributed by atoms with Crippen LogP contribution in [0.4, 0.5) is 0 Å². The lowest BCUT2D eigenvalue weighted by molar-refractivity contribution is 0.594. The summed E-state index contributed by atoms with van der Waals surface area (Å²) in [5, 5.41) is 3.71. The number of halogens is 1. The topological polar surface area (TPSA) is 46.9 Å². The van der Waals surface area contributed by atoms with E-state index in [-0.39, 0.29) is 5.56 Å². The number of nitrogens with one attached hydrogen (secondary N) is 1. The van der Waals surface area contributed by atoms with E-state index in [1.165, 1.54) is 0 Å². The lowest BCUT2D eigenvalue weighted by Crippen LogP contribution is -2.22. The minimum atomic E-state index is 0.0126. The SMILES string of the molecule is CNCCCn1cnc2cccc(Br)c2c1=O. The molecule has 0 aliphatic rings. The van der Waals surface area contributed by atoms with Gasteiger partial charge in [0.25, 0.3) is 5.56 Å². The van der Waals surface area contributed by atoms with Crippen LogP contribution in [-0.2, 0) is 6.54 Å². The number of benzene rings is 1. The Labute approximate surface area is 108 Å². The number of aromatic nitrogens is 2. The van der Waals surface area contributed by atoms with Crippen molar-refractivity contribution in [3.63, 3.8) is 0 Å². The minimum Gasteiger partial charge on any atom is -0.320 e. The van der Waals surface area contributed by atoms with Gasteiger partial charge in [-0.1, -0.05) is 6.07 Å². The van der Waals surface area contributed by atoms with Gasteiger partial charge in [-0.2, -0.15) is 0 Å². The number of aryl methyl sites for hydroxylation is 1. The molecule has 2 aromatic rings. The Bertz CT molecular complexity index is 579. The molecule has 0 aliphatic heterocycles. The van der Waals surface area contributed by atoms with E-state index in [9.17, 15) is 4.79 Å². The second-order valence-corrected chi connectivity index (χ2v) is 4.69. The van der Waals surface area contributed by atoms with Crippen molar-refractivity contribution >= 4 is 26.8 Å². The van der Waals surface area contributed by atoms with Crippen LogP contribution in [0.5, 0.6) is 0 Å². The highest BCUT2D eigenvalue weighted by atomic mass is 79.9. The minimum absolute atomic E-state index is 0.0126. The summed E-state index contributed by atoms with van der Waals surface area (Å²) in [5.41, 5.74) is 0.743. The van der Waals surface area contributed by atoms with Gasteiger partial charge in [-0.3, -0.25) is 9.36 Å². The average molecular weight is 296 g/mol. The van der Waals surface area contributed by atoms with Crippen LogP contribution in [0.1, 0.15) is 6.42 Å². The van der Waals surface area contributed by atoms with Crippen molar-refractivity contribution in [1.82, 2.24) is 14.9 Å². The Morgan fingerprint density at radius 3 is 3.06 bits per heavy atom. The summed E-state index contributed by atoms with van der Waals surface area (Å²) in [6, 6.07) is 5.59. The molecule has 5 heteroatoms. The van der Waals surface area contributed by atoms with Crippen molar-refractivity contribution in [2.24, 2.45) is 0 Å². The van der Waals surface area contributed by atoms with E-state index in [2.05, 4.69) is 26.2 Å². The molecular weight excluding hydrogens is 282 g/mol. The molecule has 0 spiro atoms. The molecule has 0 aliphatic carbocycles. The second kappa shape index (κ2) is 5.42. The molecule has 1 N–H and O–H groups in total. The maximum atomic E-state index is 12.2. The zero-order valence-corrected chi connectivity index (χ0v) is 11.2. The van der Waals surface area contributed by atoms with Crippen LogP contribution in [0.25, 0.3) is 10.9 Å². The normalized spacial score (nSPS) is 10.9. The van der Waals surface area contributed by atoms with E-state index in [4.69, 9.17) is 0 Å². The van der Waals surface area contributed by atoms with Gasteiger partial charge in [0.1, 0.15) is 0 Å².